The Morgan fingerprint density at radius 3 is 2.86 bits per heavy atom. The molecule has 4 nitrogen and oxygen atoms in total. The molecule has 22 heavy (non-hydrogen) atoms. The van der Waals surface area contributed by atoms with E-state index < -0.39 is 5.92 Å². The van der Waals surface area contributed by atoms with E-state index in [1.807, 2.05) is 12.1 Å². The Labute approximate surface area is 130 Å². The van der Waals surface area contributed by atoms with E-state index in [0.717, 1.165) is 23.3 Å². The molecule has 1 aliphatic carbocycles. The minimum absolute atomic E-state index is 0.0673. The van der Waals surface area contributed by atoms with Crippen molar-refractivity contribution in [2.45, 2.75) is 32.6 Å². The predicted octanol–water partition coefficient (Wildman–Crippen LogP) is 3.07. The lowest BCUT2D eigenvalue weighted by Crippen LogP contribution is -2.40. The fourth-order valence-corrected chi connectivity index (χ4v) is 3.52. The first kappa shape index (κ1) is 14.5. The van der Waals surface area contributed by atoms with Crippen molar-refractivity contribution in [3.8, 4) is 6.07 Å². The van der Waals surface area contributed by atoms with Crippen LogP contribution in [-0.2, 0) is 4.79 Å². The zero-order valence-corrected chi connectivity index (χ0v) is 12.9. The monoisotopic (exact) mass is 293 g/mol. The van der Waals surface area contributed by atoms with Gasteiger partial charge in [-0.15, -0.1) is 0 Å². The highest BCUT2D eigenvalue weighted by molar-refractivity contribution is 5.99. The summed E-state index contributed by atoms with van der Waals surface area (Å²) in [4.78, 5) is 16.9. The molecule has 2 atom stereocenters. The van der Waals surface area contributed by atoms with Crippen molar-refractivity contribution in [3.63, 3.8) is 0 Å². The van der Waals surface area contributed by atoms with E-state index in [2.05, 4.69) is 36.8 Å². The molecular weight excluding hydrogens is 274 g/mol. The molecule has 112 valence electrons. The minimum Gasteiger partial charge on any atom is -0.361 e. The third kappa shape index (κ3) is 2.33. The summed E-state index contributed by atoms with van der Waals surface area (Å²) in [5.74, 6) is -0.598. The van der Waals surface area contributed by atoms with Gasteiger partial charge in [-0.1, -0.05) is 26.5 Å². The zero-order valence-electron chi connectivity index (χ0n) is 12.9. The highest BCUT2D eigenvalue weighted by atomic mass is 16.1. The Hall–Kier alpha value is -2.41. The lowest BCUT2D eigenvalue weighted by molar-refractivity contribution is -0.118. The van der Waals surface area contributed by atoms with Crippen LogP contribution in [0.3, 0.4) is 0 Å². The molecule has 0 saturated carbocycles. The maximum atomic E-state index is 12.7. The maximum Gasteiger partial charge on any atom is 0.161 e. The van der Waals surface area contributed by atoms with Crippen molar-refractivity contribution in [2.24, 2.45) is 11.3 Å². The number of Topliss-reactive ketones (excluding diaryl/α,β-unsaturated/α-hetero) is 1. The first-order valence-corrected chi connectivity index (χ1v) is 7.44. The van der Waals surface area contributed by atoms with Gasteiger partial charge in [0.25, 0.3) is 0 Å². The molecule has 0 radical (unpaired) electrons. The van der Waals surface area contributed by atoms with Crippen LogP contribution in [-0.4, -0.2) is 10.8 Å². The van der Waals surface area contributed by atoms with Gasteiger partial charge in [-0.25, -0.2) is 0 Å². The van der Waals surface area contributed by atoms with Gasteiger partial charge in [0.1, 0.15) is 0 Å². The average molecular weight is 293 g/mol. The number of nitrogens with zero attached hydrogens (tertiary/aromatic N) is 2. The van der Waals surface area contributed by atoms with Crippen molar-refractivity contribution >= 4 is 5.78 Å². The first-order chi connectivity index (χ1) is 10.4. The summed E-state index contributed by atoms with van der Waals surface area (Å²) in [7, 11) is 0. The van der Waals surface area contributed by atoms with Gasteiger partial charge < -0.3 is 5.32 Å². The number of pyridine rings is 1. The fraction of sp³-hybridized carbons (Fsp3) is 0.389. The molecule has 0 fully saturated rings. The molecule has 0 aromatic carbocycles. The number of hydrogen-bond acceptors (Lipinski definition) is 4. The molecule has 2 unspecified atom stereocenters. The molecule has 0 spiro atoms. The Morgan fingerprint density at radius 1 is 1.45 bits per heavy atom. The minimum atomic E-state index is -0.451. The van der Waals surface area contributed by atoms with E-state index in [-0.39, 0.29) is 17.1 Å². The molecule has 1 aromatic heterocycles. The standard InChI is InChI=1S/C18H19N3O/c1-11-13(9-19)16(12-5-4-6-20-10-12)17-14(21-11)7-18(2,3)8-15(17)22/h4-6,10,13,16,21H,1,7-8H2,2-3H3. The van der Waals surface area contributed by atoms with Crippen LogP contribution in [0.4, 0.5) is 0 Å². The van der Waals surface area contributed by atoms with Crippen LogP contribution < -0.4 is 5.32 Å². The second-order valence-corrected chi connectivity index (χ2v) is 6.85. The number of carbonyl (C=O) groups excluding carboxylic acids is 1. The van der Waals surface area contributed by atoms with Crippen molar-refractivity contribution < 1.29 is 4.79 Å². The van der Waals surface area contributed by atoms with Crippen molar-refractivity contribution in [1.29, 1.82) is 5.26 Å². The fourth-order valence-electron chi connectivity index (χ4n) is 3.52. The SMILES string of the molecule is C=C1NC2=C(C(=O)CC(C)(C)C2)C(c2cccnc2)C1C#N. The number of rotatable bonds is 1. The number of hydrogen-bond donors (Lipinski definition) is 1. The van der Waals surface area contributed by atoms with Crippen molar-refractivity contribution in [3.05, 3.63) is 53.6 Å². The van der Waals surface area contributed by atoms with Crippen LogP contribution >= 0.6 is 0 Å². The van der Waals surface area contributed by atoms with Gasteiger partial charge in [0.2, 0.25) is 0 Å². The third-order valence-electron chi connectivity index (χ3n) is 4.43. The quantitative estimate of drug-likeness (QED) is 0.864. The number of allylic oxidation sites excluding steroid dienone is 3. The second-order valence-electron chi connectivity index (χ2n) is 6.85. The molecule has 1 aromatic rings. The van der Waals surface area contributed by atoms with Gasteiger partial charge in [-0.3, -0.25) is 9.78 Å². The first-order valence-electron chi connectivity index (χ1n) is 7.44. The lowest BCUT2D eigenvalue weighted by atomic mass is 9.67. The van der Waals surface area contributed by atoms with Crippen LogP contribution in [0.15, 0.2) is 48.1 Å². The van der Waals surface area contributed by atoms with Crippen LogP contribution in [0.25, 0.3) is 0 Å². The van der Waals surface area contributed by atoms with E-state index in [4.69, 9.17) is 0 Å². The van der Waals surface area contributed by atoms with Crippen LogP contribution in [0, 0.1) is 22.7 Å². The molecule has 1 N–H and O–H groups in total. The zero-order chi connectivity index (χ0) is 15.9. The molecule has 2 heterocycles. The molecule has 3 rings (SSSR count). The number of nitriles is 1. The highest BCUT2D eigenvalue weighted by Gasteiger charge is 2.43. The summed E-state index contributed by atoms with van der Waals surface area (Å²) in [5, 5.41) is 12.8. The number of carbonyl (C=O) groups is 1. The van der Waals surface area contributed by atoms with E-state index in [9.17, 15) is 10.1 Å². The molecule has 2 aliphatic rings. The lowest BCUT2D eigenvalue weighted by Gasteiger charge is -2.41. The van der Waals surface area contributed by atoms with Crippen LogP contribution in [0.2, 0.25) is 0 Å². The van der Waals surface area contributed by atoms with Gasteiger partial charge in [0.15, 0.2) is 5.78 Å². The molecule has 0 bridgehead atoms. The van der Waals surface area contributed by atoms with E-state index in [1.165, 1.54) is 0 Å². The Bertz CT molecular complexity index is 710. The van der Waals surface area contributed by atoms with E-state index in [0.29, 0.717) is 12.1 Å². The predicted molar refractivity (Wildman–Crippen MR) is 83.4 cm³/mol. The summed E-state index contributed by atoms with van der Waals surface area (Å²) >= 11 is 0. The van der Waals surface area contributed by atoms with Crippen LogP contribution in [0.1, 0.15) is 38.2 Å². The van der Waals surface area contributed by atoms with Gasteiger partial charge in [0.05, 0.1) is 12.0 Å². The van der Waals surface area contributed by atoms with Crippen molar-refractivity contribution in [2.75, 3.05) is 0 Å². The van der Waals surface area contributed by atoms with Crippen LogP contribution in [0.5, 0.6) is 0 Å². The van der Waals surface area contributed by atoms with Gasteiger partial charge in [0, 0.05) is 41.7 Å². The van der Waals surface area contributed by atoms with Gasteiger partial charge in [-0.05, 0) is 23.5 Å². The Kier molecular flexibility index (Phi) is 3.37. The average Bonchev–Trinajstić information content (AvgIpc) is 2.45. The smallest absolute Gasteiger partial charge is 0.161 e. The number of nitrogens with one attached hydrogen (secondary N) is 1. The van der Waals surface area contributed by atoms with E-state index >= 15 is 0 Å². The molecular formula is C18H19N3O. The highest BCUT2D eigenvalue weighted by Crippen LogP contribution is 2.47. The summed E-state index contributed by atoms with van der Waals surface area (Å²) in [6.45, 7) is 8.19. The summed E-state index contributed by atoms with van der Waals surface area (Å²) in [6, 6.07) is 6.07. The number of aromatic nitrogens is 1. The van der Waals surface area contributed by atoms with Gasteiger partial charge >= 0.3 is 0 Å². The normalized spacial score (nSPS) is 27.0. The molecule has 0 saturated heterocycles. The maximum absolute atomic E-state index is 12.7. The van der Waals surface area contributed by atoms with Crippen molar-refractivity contribution in [1.82, 2.24) is 10.3 Å². The Morgan fingerprint density at radius 2 is 2.23 bits per heavy atom. The molecule has 0 amide bonds. The molecule has 4 heteroatoms. The Balaban J connectivity index is 2.17. The van der Waals surface area contributed by atoms with Gasteiger partial charge in [-0.2, -0.15) is 5.26 Å². The second kappa shape index (κ2) is 5.10. The third-order valence-corrected chi connectivity index (χ3v) is 4.43. The summed E-state index contributed by atoms with van der Waals surface area (Å²) in [5.41, 5.74) is 3.16. The topological polar surface area (TPSA) is 65.8 Å². The number of ketones is 1. The van der Waals surface area contributed by atoms with E-state index in [1.54, 1.807) is 12.4 Å². The molecule has 1 aliphatic heterocycles. The summed E-state index contributed by atoms with van der Waals surface area (Å²) < 4.78 is 0. The largest absolute Gasteiger partial charge is 0.361 e. The summed E-state index contributed by atoms with van der Waals surface area (Å²) in [6.07, 6.45) is 4.74.